The van der Waals surface area contributed by atoms with Crippen LogP contribution < -0.4 is 5.32 Å². The third-order valence-corrected chi connectivity index (χ3v) is 1.75. The molecule has 0 aliphatic carbocycles. The van der Waals surface area contributed by atoms with E-state index >= 15 is 0 Å². The van der Waals surface area contributed by atoms with E-state index in [-0.39, 0.29) is 11.7 Å². The van der Waals surface area contributed by atoms with Gasteiger partial charge in [0, 0.05) is 5.56 Å². The fourth-order valence-corrected chi connectivity index (χ4v) is 1.08. The molecule has 0 heterocycles. The van der Waals surface area contributed by atoms with Gasteiger partial charge in [-0.2, -0.15) is 0 Å². The van der Waals surface area contributed by atoms with Crippen molar-refractivity contribution >= 4 is 17.4 Å². The number of carbonyl (C=O) groups excluding carboxylic acids is 2. The minimum Gasteiger partial charge on any atom is -0.322 e. The van der Waals surface area contributed by atoms with Crippen molar-refractivity contribution in [2.24, 2.45) is 0 Å². The molecule has 0 atom stereocenters. The summed E-state index contributed by atoms with van der Waals surface area (Å²) in [5.74, 6) is -0.399. The van der Waals surface area contributed by atoms with E-state index in [1.807, 2.05) is 0 Å². The molecule has 0 radical (unpaired) electrons. The standard InChI is InChI=1S/C11H11NO2/c1-3-11(14)12-10-7-5-4-6-9(10)8(2)13/h3-7H,1H2,2H3,(H,12,14). The van der Waals surface area contributed by atoms with Gasteiger partial charge in [-0.3, -0.25) is 9.59 Å². The number of ketones is 1. The average molecular weight is 189 g/mol. The zero-order chi connectivity index (χ0) is 10.6. The summed E-state index contributed by atoms with van der Waals surface area (Å²) >= 11 is 0. The number of amides is 1. The van der Waals surface area contributed by atoms with Crippen LogP contribution in [0.15, 0.2) is 36.9 Å². The fraction of sp³-hybridized carbons (Fsp3) is 0.0909. The number of para-hydroxylation sites is 1. The summed E-state index contributed by atoms with van der Waals surface area (Å²) < 4.78 is 0. The SMILES string of the molecule is C=CC(=O)Nc1ccccc1C(C)=O. The van der Waals surface area contributed by atoms with Gasteiger partial charge in [0.2, 0.25) is 5.91 Å². The number of rotatable bonds is 3. The molecule has 3 nitrogen and oxygen atoms in total. The highest BCUT2D eigenvalue weighted by molar-refractivity contribution is 6.06. The van der Waals surface area contributed by atoms with Crippen molar-refractivity contribution in [2.75, 3.05) is 5.32 Å². The Morgan fingerprint density at radius 2 is 2.00 bits per heavy atom. The molecule has 0 aromatic heterocycles. The van der Waals surface area contributed by atoms with Crippen molar-refractivity contribution in [3.05, 3.63) is 42.5 Å². The Morgan fingerprint density at radius 1 is 1.36 bits per heavy atom. The van der Waals surface area contributed by atoms with Crippen LogP contribution in [-0.2, 0) is 4.79 Å². The lowest BCUT2D eigenvalue weighted by molar-refractivity contribution is -0.111. The number of hydrogen-bond donors (Lipinski definition) is 1. The first-order chi connectivity index (χ1) is 6.65. The molecule has 0 spiro atoms. The van der Waals surface area contributed by atoms with E-state index in [1.54, 1.807) is 24.3 Å². The van der Waals surface area contributed by atoms with Crippen molar-refractivity contribution in [3.8, 4) is 0 Å². The first-order valence-corrected chi connectivity index (χ1v) is 4.18. The van der Waals surface area contributed by atoms with Crippen LogP contribution in [0.3, 0.4) is 0 Å². The lowest BCUT2D eigenvalue weighted by Gasteiger charge is -2.06. The smallest absolute Gasteiger partial charge is 0.247 e. The summed E-state index contributed by atoms with van der Waals surface area (Å²) in [5, 5.41) is 2.56. The first kappa shape index (κ1) is 10.2. The van der Waals surface area contributed by atoms with Gasteiger partial charge in [0.15, 0.2) is 5.78 Å². The number of Topliss-reactive ketones (excluding diaryl/α,β-unsaturated/α-hetero) is 1. The molecule has 0 bridgehead atoms. The predicted molar refractivity (Wildman–Crippen MR) is 55.3 cm³/mol. The van der Waals surface area contributed by atoms with Crippen LogP contribution >= 0.6 is 0 Å². The maximum atomic E-state index is 11.2. The van der Waals surface area contributed by atoms with E-state index in [4.69, 9.17) is 0 Å². The second-order valence-electron chi connectivity index (χ2n) is 2.80. The summed E-state index contributed by atoms with van der Waals surface area (Å²) in [6.45, 7) is 4.79. The van der Waals surface area contributed by atoms with Gasteiger partial charge >= 0.3 is 0 Å². The number of carbonyl (C=O) groups is 2. The minimum absolute atomic E-state index is 0.0787. The third kappa shape index (κ3) is 2.29. The zero-order valence-electron chi connectivity index (χ0n) is 7.91. The Kier molecular flexibility index (Phi) is 3.18. The molecule has 72 valence electrons. The van der Waals surface area contributed by atoms with Gasteiger partial charge in [-0.1, -0.05) is 18.7 Å². The second kappa shape index (κ2) is 4.37. The van der Waals surface area contributed by atoms with Gasteiger partial charge in [0.05, 0.1) is 5.69 Å². The van der Waals surface area contributed by atoms with Crippen LogP contribution in [0.25, 0.3) is 0 Å². The molecule has 0 saturated heterocycles. The highest BCUT2D eigenvalue weighted by atomic mass is 16.1. The molecule has 14 heavy (non-hydrogen) atoms. The lowest BCUT2D eigenvalue weighted by atomic mass is 10.1. The Morgan fingerprint density at radius 3 is 2.57 bits per heavy atom. The molecule has 1 aromatic rings. The molecule has 1 rings (SSSR count). The van der Waals surface area contributed by atoms with Crippen LogP contribution in [-0.4, -0.2) is 11.7 Å². The highest BCUT2D eigenvalue weighted by Crippen LogP contribution is 2.15. The first-order valence-electron chi connectivity index (χ1n) is 4.18. The van der Waals surface area contributed by atoms with Crippen LogP contribution in [0.1, 0.15) is 17.3 Å². The minimum atomic E-state index is -0.321. The molecule has 1 amide bonds. The molecular formula is C11H11NO2. The van der Waals surface area contributed by atoms with Crippen LogP contribution in [0.2, 0.25) is 0 Å². The molecular weight excluding hydrogens is 178 g/mol. The summed E-state index contributed by atoms with van der Waals surface area (Å²) in [6, 6.07) is 6.85. The number of nitrogens with one attached hydrogen (secondary N) is 1. The van der Waals surface area contributed by atoms with Crippen LogP contribution in [0, 0.1) is 0 Å². The van der Waals surface area contributed by atoms with Gasteiger partial charge in [0.1, 0.15) is 0 Å². The summed E-state index contributed by atoms with van der Waals surface area (Å²) in [4.78, 5) is 22.2. The van der Waals surface area contributed by atoms with Crippen molar-refractivity contribution in [2.45, 2.75) is 6.92 Å². The van der Waals surface area contributed by atoms with E-state index in [0.29, 0.717) is 11.3 Å². The number of anilines is 1. The Bertz CT molecular complexity index is 383. The van der Waals surface area contributed by atoms with Crippen molar-refractivity contribution < 1.29 is 9.59 Å². The van der Waals surface area contributed by atoms with Crippen molar-refractivity contribution in [1.29, 1.82) is 0 Å². The lowest BCUT2D eigenvalue weighted by Crippen LogP contribution is -2.10. The van der Waals surface area contributed by atoms with E-state index in [2.05, 4.69) is 11.9 Å². The Labute approximate surface area is 82.4 Å². The molecule has 3 heteroatoms. The van der Waals surface area contributed by atoms with Gasteiger partial charge in [-0.25, -0.2) is 0 Å². The van der Waals surface area contributed by atoms with Crippen molar-refractivity contribution in [1.82, 2.24) is 0 Å². The highest BCUT2D eigenvalue weighted by Gasteiger charge is 2.06. The molecule has 0 fully saturated rings. The van der Waals surface area contributed by atoms with E-state index in [0.717, 1.165) is 6.08 Å². The Balaban J connectivity index is 3.01. The molecule has 0 unspecified atom stereocenters. The van der Waals surface area contributed by atoms with E-state index in [1.165, 1.54) is 6.92 Å². The van der Waals surface area contributed by atoms with E-state index in [9.17, 15) is 9.59 Å². The number of hydrogen-bond acceptors (Lipinski definition) is 2. The molecule has 0 saturated carbocycles. The number of benzene rings is 1. The second-order valence-corrected chi connectivity index (χ2v) is 2.80. The monoisotopic (exact) mass is 189 g/mol. The largest absolute Gasteiger partial charge is 0.322 e. The van der Waals surface area contributed by atoms with Gasteiger partial charge in [0.25, 0.3) is 0 Å². The predicted octanol–water partition coefficient (Wildman–Crippen LogP) is 2.01. The fourth-order valence-electron chi connectivity index (χ4n) is 1.08. The maximum Gasteiger partial charge on any atom is 0.247 e. The van der Waals surface area contributed by atoms with Gasteiger partial charge in [-0.05, 0) is 25.1 Å². The molecule has 1 N–H and O–H groups in total. The van der Waals surface area contributed by atoms with E-state index < -0.39 is 0 Å². The summed E-state index contributed by atoms with van der Waals surface area (Å²) in [5.41, 5.74) is 1.02. The maximum absolute atomic E-state index is 11.2. The third-order valence-electron chi connectivity index (χ3n) is 1.75. The van der Waals surface area contributed by atoms with Crippen molar-refractivity contribution in [3.63, 3.8) is 0 Å². The zero-order valence-corrected chi connectivity index (χ0v) is 7.91. The normalized spacial score (nSPS) is 9.21. The summed E-state index contributed by atoms with van der Waals surface area (Å²) in [6.07, 6.45) is 1.16. The quantitative estimate of drug-likeness (QED) is 0.584. The molecule has 0 aliphatic rings. The van der Waals surface area contributed by atoms with Gasteiger partial charge in [-0.15, -0.1) is 0 Å². The van der Waals surface area contributed by atoms with Gasteiger partial charge < -0.3 is 5.32 Å². The molecule has 0 aliphatic heterocycles. The average Bonchev–Trinajstić information content (AvgIpc) is 2.18. The van der Waals surface area contributed by atoms with Crippen LogP contribution in [0.5, 0.6) is 0 Å². The summed E-state index contributed by atoms with van der Waals surface area (Å²) in [7, 11) is 0. The Hall–Kier alpha value is -1.90. The van der Waals surface area contributed by atoms with Crippen LogP contribution in [0.4, 0.5) is 5.69 Å². The topological polar surface area (TPSA) is 46.2 Å². The molecule has 1 aromatic carbocycles.